The number of likely N-dealkylation sites (tertiary alicyclic amines) is 1. The molecule has 2 aromatic carbocycles. The smallest absolute Gasteiger partial charge is 0.255 e. The van der Waals surface area contributed by atoms with Crippen LogP contribution in [0.2, 0.25) is 0 Å². The van der Waals surface area contributed by atoms with E-state index in [1.54, 1.807) is 32.4 Å². The highest BCUT2D eigenvalue weighted by molar-refractivity contribution is 6.05. The highest BCUT2D eigenvalue weighted by Gasteiger charge is 2.49. The molecule has 6 heterocycles. The summed E-state index contributed by atoms with van der Waals surface area (Å²) in [6.07, 6.45) is 1.95. The predicted octanol–water partition coefficient (Wildman–Crippen LogP) is 1.49. The van der Waals surface area contributed by atoms with E-state index in [1.807, 2.05) is 21.9 Å². The minimum Gasteiger partial charge on any atom is -0.489 e. The lowest BCUT2D eigenvalue weighted by molar-refractivity contribution is -0.167. The van der Waals surface area contributed by atoms with Crippen molar-refractivity contribution in [3.8, 4) is 5.75 Å². The molecule has 4 amide bonds. The van der Waals surface area contributed by atoms with Gasteiger partial charge in [0.15, 0.2) is 0 Å². The van der Waals surface area contributed by atoms with E-state index >= 15 is 4.39 Å². The van der Waals surface area contributed by atoms with Crippen molar-refractivity contribution < 1.29 is 37.8 Å². The molecule has 8 rings (SSSR count). The number of halogens is 1. The summed E-state index contributed by atoms with van der Waals surface area (Å²) in [6.45, 7) is 6.60. The van der Waals surface area contributed by atoms with Crippen LogP contribution in [0.1, 0.15) is 41.3 Å². The zero-order chi connectivity index (χ0) is 35.4. The van der Waals surface area contributed by atoms with Crippen LogP contribution in [0.25, 0.3) is 10.9 Å². The minimum absolute atomic E-state index is 0.0152. The van der Waals surface area contributed by atoms with Crippen molar-refractivity contribution in [3.63, 3.8) is 0 Å². The average Bonchev–Trinajstić information content (AvgIpc) is 3.62. The first-order valence-electron chi connectivity index (χ1n) is 17.3. The Labute approximate surface area is 293 Å². The van der Waals surface area contributed by atoms with Crippen LogP contribution in [0.5, 0.6) is 5.75 Å². The van der Waals surface area contributed by atoms with Crippen molar-refractivity contribution in [2.24, 2.45) is 5.92 Å². The first-order chi connectivity index (χ1) is 24.6. The Hall–Kier alpha value is -4.73. The number of aromatic nitrogens is 2. The van der Waals surface area contributed by atoms with Crippen LogP contribution >= 0.6 is 0 Å². The number of ether oxygens (including phenoxy) is 3. The number of piperidine rings is 1. The van der Waals surface area contributed by atoms with Gasteiger partial charge < -0.3 is 28.9 Å². The summed E-state index contributed by atoms with van der Waals surface area (Å²) in [5.41, 5.74) is 1.94. The highest BCUT2D eigenvalue weighted by atomic mass is 19.1. The van der Waals surface area contributed by atoms with E-state index in [-0.39, 0.29) is 48.2 Å². The molecule has 1 N–H and O–H groups in total. The van der Waals surface area contributed by atoms with Gasteiger partial charge in [-0.2, -0.15) is 0 Å². The topological polar surface area (TPSA) is 147 Å². The zero-order valence-corrected chi connectivity index (χ0v) is 28.6. The van der Waals surface area contributed by atoms with Gasteiger partial charge in [-0.3, -0.25) is 29.4 Å². The maximum absolute atomic E-state index is 15.6. The van der Waals surface area contributed by atoms with Gasteiger partial charge in [-0.05, 0) is 47.9 Å². The maximum Gasteiger partial charge on any atom is 0.255 e. The quantitative estimate of drug-likeness (QED) is 0.341. The molecule has 5 aliphatic rings. The van der Waals surface area contributed by atoms with Crippen LogP contribution in [0.4, 0.5) is 10.3 Å². The fourth-order valence-electron chi connectivity index (χ4n) is 8.24. The van der Waals surface area contributed by atoms with Crippen LogP contribution in [0, 0.1) is 11.7 Å². The van der Waals surface area contributed by atoms with Gasteiger partial charge in [0, 0.05) is 89.3 Å². The van der Waals surface area contributed by atoms with Crippen molar-refractivity contribution in [2.45, 2.75) is 50.5 Å². The van der Waals surface area contributed by atoms with Gasteiger partial charge >= 0.3 is 0 Å². The van der Waals surface area contributed by atoms with Gasteiger partial charge in [-0.1, -0.05) is 0 Å². The number of hydrogen-bond donors (Lipinski definition) is 1. The molecule has 14 nitrogen and oxygen atoms in total. The Bertz CT molecular complexity index is 1920. The van der Waals surface area contributed by atoms with E-state index in [0.29, 0.717) is 88.2 Å². The van der Waals surface area contributed by atoms with Gasteiger partial charge in [0.05, 0.1) is 19.8 Å². The molecular weight excluding hydrogens is 661 g/mol. The Morgan fingerprint density at radius 3 is 2.73 bits per heavy atom. The number of methoxy groups -OCH3 is 1. The Morgan fingerprint density at radius 2 is 1.98 bits per heavy atom. The summed E-state index contributed by atoms with van der Waals surface area (Å²) in [7, 11) is 1.65. The number of amides is 4. The molecule has 0 bridgehead atoms. The molecule has 268 valence electrons. The third-order valence-corrected chi connectivity index (χ3v) is 10.8. The monoisotopic (exact) mass is 701 g/mol. The SMILES string of the molecule is COC[C@@H]1CN(Cc2cc(F)c3nc(N4CCN(C(C)=O)C5(COC5)C4)ncc3c2)C[C@H]1Oc1ccc2c(c1)CN([C@H]1CCC(=O)NC1=O)C2=O. The zero-order valence-electron chi connectivity index (χ0n) is 28.6. The molecule has 5 aliphatic heterocycles. The number of fused-ring (bicyclic) bond motifs is 2. The molecule has 3 atom stereocenters. The number of hydrogen-bond acceptors (Lipinski definition) is 11. The number of nitrogens with zero attached hydrogens (tertiary/aromatic N) is 6. The highest BCUT2D eigenvalue weighted by Crippen LogP contribution is 2.34. The van der Waals surface area contributed by atoms with Crippen molar-refractivity contribution in [3.05, 3.63) is 59.0 Å². The third kappa shape index (κ3) is 6.16. The number of piperazine rings is 1. The third-order valence-electron chi connectivity index (χ3n) is 10.8. The molecule has 15 heteroatoms. The lowest BCUT2D eigenvalue weighted by Gasteiger charge is -2.54. The van der Waals surface area contributed by atoms with E-state index in [1.165, 1.54) is 11.0 Å². The first kappa shape index (κ1) is 33.4. The van der Waals surface area contributed by atoms with Crippen LogP contribution in [-0.2, 0) is 36.9 Å². The fraction of sp³-hybridized carbons (Fsp3) is 0.500. The average molecular weight is 702 g/mol. The molecule has 0 aliphatic carbocycles. The number of anilines is 1. The van der Waals surface area contributed by atoms with Crippen LogP contribution in [0.15, 0.2) is 36.5 Å². The summed E-state index contributed by atoms with van der Waals surface area (Å²) in [5, 5.41) is 2.94. The second-order valence-electron chi connectivity index (χ2n) is 14.3. The number of carbonyl (C=O) groups excluding carboxylic acids is 4. The Balaban J connectivity index is 0.936. The predicted molar refractivity (Wildman–Crippen MR) is 180 cm³/mol. The van der Waals surface area contributed by atoms with Crippen molar-refractivity contribution >= 4 is 40.5 Å². The summed E-state index contributed by atoms with van der Waals surface area (Å²) >= 11 is 0. The number of carbonyl (C=O) groups is 4. The molecule has 4 saturated heterocycles. The van der Waals surface area contributed by atoms with Crippen LogP contribution in [-0.4, -0.2) is 126 Å². The molecule has 0 saturated carbocycles. The van der Waals surface area contributed by atoms with Gasteiger partial charge in [0.25, 0.3) is 5.91 Å². The van der Waals surface area contributed by atoms with E-state index < -0.39 is 23.3 Å². The lowest BCUT2D eigenvalue weighted by atomic mass is 9.91. The molecule has 1 aromatic heterocycles. The van der Waals surface area contributed by atoms with Gasteiger partial charge in [0.1, 0.15) is 34.8 Å². The number of rotatable bonds is 8. The second kappa shape index (κ2) is 13.1. The fourth-order valence-corrected chi connectivity index (χ4v) is 8.24. The van der Waals surface area contributed by atoms with Crippen molar-refractivity contribution in [2.75, 3.05) is 64.6 Å². The summed E-state index contributed by atoms with van der Waals surface area (Å²) in [5.74, 6) is -0.307. The van der Waals surface area contributed by atoms with E-state index in [4.69, 9.17) is 14.2 Å². The Kier molecular flexibility index (Phi) is 8.59. The number of nitrogens with one attached hydrogen (secondary N) is 1. The summed E-state index contributed by atoms with van der Waals surface area (Å²) < 4.78 is 33.1. The molecule has 3 aromatic rings. The van der Waals surface area contributed by atoms with Crippen molar-refractivity contribution in [1.29, 1.82) is 0 Å². The Morgan fingerprint density at radius 1 is 1.14 bits per heavy atom. The molecule has 1 spiro atoms. The van der Waals surface area contributed by atoms with Gasteiger partial charge in [0.2, 0.25) is 23.7 Å². The van der Waals surface area contributed by atoms with Gasteiger partial charge in [-0.15, -0.1) is 0 Å². The summed E-state index contributed by atoms with van der Waals surface area (Å²) in [4.78, 5) is 66.2. The molecule has 51 heavy (non-hydrogen) atoms. The standard InChI is InChI=1S/C36H40FN7O7/c1-21(45)44-8-7-42(18-36(44)19-50-20-36)35-38-12-23-9-22(10-28(37)32(23)40-35)13-41-14-25(17-49-2)30(16-41)51-26-3-4-27-24(11-26)15-43(34(27)48)29-5-6-31(46)39-33(29)47/h3-4,9-12,25,29-30H,5-8,13-20H2,1-2H3,(H,39,46,47)/t25-,29-,30+/m0/s1. The van der Waals surface area contributed by atoms with E-state index in [2.05, 4.69) is 20.2 Å². The molecular formula is C36H40FN7O7. The largest absolute Gasteiger partial charge is 0.489 e. The maximum atomic E-state index is 15.6. The van der Waals surface area contributed by atoms with Crippen LogP contribution < -0.4 is 15.0 Å². The minimum atomic E-state index is -0.681. The van der Waals surface area contributed by atoms with Crippen LogP contribution in [0.3, 0.4) is 0 Å². The van der Waals surface area contributed by atoms with Crippen molar-refractivity contribution in [1.82, 2.24) is 30.0 Å². The normalized spacial score (nSPS) is 24.6. The summed E-state index contributed by atoms with van der Waals surface area (Å²) in [6, 6.07) is 8.12. The first-order valence-corrected chi connectivity index (χ1v) is 17.3. The van der Waals surface area contributed by atoms with Gasteiger partial charge in [-0.25, -0.2) is 14.4 Å². The van der Waals surface area contributed by atoms with E-state index in [9.17, 15) is 19.2 Å². The molecule has 4 fully saturated rings. The second-order valence-corrected chi connectivity index (χ2v) is 14.3. The molecule has 0 radical (unpaired) electrons. The lowest BCUT2D eigenvalue weighted by Crippen LogP contribution is -2.72. The number of imide groups is 1. The van der Waals surface area contributed by atoms with E-state index in [0.717, 1.165) is 11.1 Å². The molecule has 0 unspecified atom stereocenters. The number of benzene rings is 2.